The van der Waals surface area contributed by atoms with Crippen LogP contribution in [0.15, 0.2) is 11.4 Å². The molecule has 104 valence electrons. The Kier molecular flexibility index (Phi) is 5.78. The number of thiophene rings is 1. The van der Waals surface area contributed by atoms with Gasteiger partial charge in [0.15, 0.2) is 0 Å². The molecule has 8 heteroatoms. The Labute approximate surface area is 118 Å². The predicted molar refractivity (Wildman–Crippen MR) is 69.7 cm³/mol. The molecule has 1 atom stereocenters. The van der Waals surface area contributed by atoms with E-state index >= 15 is 0 Å². The van der Waals surface area contributed by atoms with Crippen LogP contribution in [0.4, 0.5) is 0 Å². The number of nitrogens with one attached hydrogen (secondary N) is 1. The van der Waals surface area contributed by atoms with E-state index in [4.69, 9.17) is 21.8 Å². The number of carboxylic acids is 2. The SMILES string of the molecule is O=C(O)CCC[C@@H](NC(=O)c1sccc1Cl)C(=O)O. The average molecular weight is 306 g/mol. The number of amides is 1. The van der Waals surface area contributed by atoms with Crippen LogP contribution in [0.2, 0.25) is 5.02 Å². The zero-order valence-electron chi connectivity index (χ0n) is 9.76. The minimum absolute atomic E-state index is 0.0520. The summed E-state index contributed by atoms with van der Waals surface area (Å²) in [5, 5.41) is 21.7. The van der Waals surface area contributed by atoms with Crippen molar-refractivity contribution in [2.45, 2.75) is 25.3 Å². The molecule has 0 radical (unpaired) electrons. The fourth-order valence-electron chi connectivity index (χ4n) is 1.39. The van der Waals surface area contributed by atoms with Crippen LogP contribution in [0.25, 0.3) is 0 Å². The fraction of sp³-hybridized carbons (Fsp3) is 0.364. The summed E-state index contributed by atoms with van der Waals surface area (Å²) >= 11 is 6.88. The fourth-order valence-corrected chi connectivity index (χ4v) is 2.44. The van der Waals surface area contributed by atoms with Crippen molar-refractivity contribution < 1.29 is 24.6 Å². The number of halogens is 1. The zero-order valence-corrected chi connectivity index (χ0v) is 11.3. The molecule has 0 saturated heterocycles. The second kappa shape index (κ2) is 7.10. The Bertz CT molecular complexity index is 487. The lowest BCUT2D eigenvalue weighted by atomic mass is 10.1. The largest absolute Gasteiger partial charge is 0.481 e. The number of aliphatic carboxylic acids is 2. The van der Waals surface area contributed by atoms with Crippen LogP contribution in [0.1, 0.15) is 28.9 Å². The molecule has 1 heterocycles. The third-order valence-corrected chi connectivity index (χ3v) is 3.65. The highest BCUT2D eigenvalue weighted by atomic mass is 35.5. The summed E-state index contributed by atoms with van der Waals surface area (Å²) < 4.78 is 0. The first-order valence-corrected chi connectivity index (χ1v) is 6.66. The molecule has 0 unspecified atom stereocenters. The van der Waals surface area contributed by atoms with Gasteiger partial charge in [-0.2, -0.15) is 0 Å². The Morgan fingerprint density at radius 3 is 2.53 bits per heavy atom. The first-order valence-electron chi connectivity index (χ1n) is 5.40. The molecule has 6 nitrogen and oxygen atoms in total. The molecule has 3 N–H and O–H groups in total. The van der Waals surface area contributed by atoms with Crippen LogP contribution in [0, 0.1) is 0 Å². The van der Waals surface area contributed by atoms with Crippen molar-refractivity contribution >= 4 is 40.8 Å². The third kappa shape index (κ3) is 4.88. The Morgan fingerprint density at radius 1 is 1.37 bits per heavy atom. The van der Waals surface area contributed by atoms with Gasteiger partial charge in [-0.25, -0.2) is 4.79 Å². The maximum absolute atomic E-state index is 11.8. The lowest BCUT2D eigenvalue weighted by Gasteiger charge is -2.13. The number of carbonyl (C=O) groups is 3. The van der Waals surface area contributed by atoms with E-state index < -0.39 is 23.9 Å². The molecular formula is C11H12ClNO5S. The molecule has 0 aliphatic heterocycles. The molecule has 0 fully saturated rings. The van der Waals surface area contributed by atoms with Gasteiger partial charge in [-0.15, -0.1) is 11.3 Å². The zero-order chi connectivity index (χ0) is 14.4. The Hall–Kier alpha value is -1.60. The summed E-state index contributed by atoms with van der Waals surface area (Å²) in [5.74, 6) is -2.77. The van der Waals surface area contributed by atoms with Gasteiger partial charge in [-0.05, 0) is 24.3 Å². The number of hydrogen-bond donors (Lipinski definition) is 3. The second-order valence-corrected chi connectivity index (χ2v) is 5.07. The van der Waals surface area contributed by atoms with Crippen LogP contribution in [-0.2, 0) is 9.59 Å². The van der Waals surface area contributed by atoms with Gasteiger partial charge in [-0.3, -0.25) is 9.59 Å². The Morgan fingerprint density at radius 2 is 2.05 bits per heavy atom. The van der Waals surface area contributed by atoms with E-state index in [1.807, 2.05) is 0 Å². The van der Waals surface area contributed by atoms with Gasteiger partial charge in [0.25, 0.3) is 5.91 Å². The van der Waals surface area contributed by atoms with Crippen LogP contribution < -0.4 is 5.32 Å². The van der Waals surface area contributed by atoms with Crippen LogP contribution in [0.3, 0.4) is 0 Å². The van der Waals surface area contributed by atoms with E-state index in [-0.39, 0.29) is 29.2 Å². The average Bonchev–Trinajstić information content (AvgIpc) is 2.73. The van der Waals surface area contributed by atoms with Gasteiger partial charge in [0.1, 0.15) is 10.9 Å². The summed E-state index contributed by atoms with van der Waals surface area (Å²) in [4.78, 5) is 33.3. The lowest BCUT2D eigenvalue weighted by molar-refractivity contribution is -0.140. The van der Waals surface area contributed by atoms with Crippen molar-refractivity contribution in [1.82, 2.24) is 5.32 Å². The normalized spacial score (nSPS) is 11.8. The second-order valence-electron chi connectivity index (χ2n) is 3.75. The first-order chi connectivity index (χ1) is 8.91. The van der Waals surface area contributed by atoms with Gasteiger partial charge in [0, 0.05) is 6.42 Å². The minimum atomic E-state index is -1.20. The van der Waals surface area contributed by atoms with E-state index in [2.05, 4.69) is 5.32 Å². The summed E-state index contributed by atoms with van der Waals surface area (Å²) in [7, 11) is 0. The van der Waals surface area contributed by atoms with Gasteiger partial charge < -0.3 is 15.5 Å². The molecule has 0 bridgehead atoms. The van der Waals surface area contributed by atoms with Crippen LogP contribution in [0.5, 0.6) is 0 Å². The molecule has 1 aromatic heterocycles. The van der Waals surface area contributed by atoms with Crippen LogP contribution in [-0.4, -0.2) is 34.1 Å². The lowest BCUT2D eigenvalue weighted by Crippen LogP contribution is -2.40. The Balaban J connectivity index is 2.59. The van der Waals surface area contributed by atoms with E-state index in [0.29, 0.717) is 0 Å². The van der Waals surface area contributed by atoms with E-state index in [0.717, 1.165) is 11.3 Å². The molecule has 0 aromatic carbocycles. The van der Waals surface area contributed by atoms with Crippen molar-refractivity contribution in [3.63, 3.8) is 0 Å². The molecule has 1 amide bonds. The highest BCUT2D eigenvalue weighted by Crippen LogP contribution is 2.21. The van der Waals surface area contributed by atoms with E-state index in [1.54, 1.807) is 11.4 Å². The van der Waals surface area contributed by atoms with Gasteiger partial charge in [-0.1, -0.05) is 11.6 Å². The summed E-state index contributed by atoms with van der Waals surface area (Å²) in [5.41, 5.74) is 0. The summed E-state index contributed by atoms with van der Waals surface area (Å²) in [6.45, 7) is 0. The van der Waals surface area contributed by atoms with Gasteiger partial charge >= 0.3 is 11.9 Å². The van der Waals surface area contributed by atoms with Gasteiger partial charge in [0.05, 0.1) is 5.02 Å². The van der Waals surface area contributed by atoms with Gasteiger partial charge in [0.2, 0.25) is 0 Å². The highest BCUT2D eigenvalue weighted by molar-refractivity contribution is 7.12. The van der Waals surface area contributed by atoms with Crippen molar-refractivity contribution in [2.24, 2.45) is 0 Å². The summed E-state index contributed by atoms with van der Waals surface area (Å²) in [6, 6.07) is 0.423. The number of rotatable bonds is 7. The topological polar surface area (TPSA) is 104 Å². The van der Waals surface area contributed by atoms with Crippen molar-refractivity contribution in [3.8, 4) is 0 Å². The minimum Gasteiger partial charge on any atom is -0.481 e. The number of carboxylic acid groups (broad SMARTS) is 2. The smallest absolute Gasteiger partial charge is 0.326 e. The first kappa shape index (κ1) is 15.5. The molecule has 0 saturated carbocycles. The monoisotopic (exact) mass is 305 g/mol. The molecule has 19 heavy (non-hydrogen) atoms. The van der Waals surface area contributed by atoms with E-state index in [1.165, 1.54) is 0 Å². The van der Waals surface area contributed by atoms with Crippen LogP contribution >= 0.6 is 22.9 Å². The third-order valence-electron chi connectivity index (χ3n) is 2.31. The van der Waals surface area contributed by atoms with Crippen molar-refractivity contribution in [2.75, 3.05) is 0 Å². The maximum Gasteiger partial charge on any atom is 0.326 e. The highest BCUT2D eigenvalue weighted by Gasteiger charge is 2.22. The predicted octanol–water partition coefficient (Wildman–Crippen LogP) is 1.84. The molecule has 0 aliphatic rings. The number of hydrogen-bond acceptors (Lipinski definition) is 4. The molecule has 0 aliphatic carbocycles. The van der Waals surface area contributed by atoms with Crippen molar-refractivity contribution in [1.29, 1.82) is 0 Å². The number of carbonyl (C=O) groups excluding carboxylic acids is 1. The maximum atomic E-state index is 11.8. The molecule has 1 rings (SSSR count). The van der Waals surface area contributed by atoms with E-state index in [9.17, 15) is 14.4 Å². The molecular weight excluding hydrogens is 294 g/mol. The van der Waals surface area contributed by atoms with Crippen molar-refractivity contribution in [3.05, 3.63) is 21.3 Å². The quantitative estimate of drug-likeness (QED) is 0.713. The standard InChI is InChI=1S/C11H12ClNO5S/c12-6-4-5-19-9(6)10(16)13-7(11(17)18)2-1-3-8(14)15/h4-5,7H,1-3H2,(H,13,16)(H,14,15)(H,17,18)/t7-/m1/s1. The summed E-state index contributed by atoms with van der Waals surface area (Å²) in [6.07, 6.45) is 0.0839. The molecule has 0 spiro atoms. The molecule has 1 aromatic rings.